The molecule has 1 saturated heterocycles. The van der Waals surface area contributed by atoms with Crippen molar-refractivity contribution in [3.8, 4) is 0 Å². The fourth-order valence-corrected chi connectivity index (χ4v) is 4.17. The van der Waals surface area contributed by atoms with Gasteiger partial charge in [-0.2, -0.15) is 0 Å². The number of ether oxygens (including phenoxy) is 1. The Morgan fingerprint density at radius 3 is 2.89 bits per heavy atom. The van der Waals surface area contributed by atoms with Crippen LogP contribution >= 0.6 is 0 Å². The summed E-state index contributed by atoms with van der Waals surface area (Å²) in [7, 11) is 3.98. The Morgan fingerprint density at radius 2 is 2.11 bits per heavy atom. The molecular formula is C22H27N3O2. The van der Waals surface area contributed by atoms with Crippen LogP contribution in [-0.2, 0) is 16.0 Å². The summed E-state index contributed by atoms with van der Waals surface area (Å²) in [6, 6.07) is 12.6. The fourth-order valence-electron chi connectivity index (χ4n) is 4.17. The van der Waals surface area contributed by atoms with Crippen molar-refractivity contribution in [2.45, 2.75) is 25.3 Å². The van der Waals surface area contributed by atoms with E-state index in [1.807, 2.05) is 31.3 Å². The molecule has 0 saturated carbocycles. The van der Waals surface area contributed by atoms with Gasteiger partial charge in [-0.1, -0.05) is 24.3 Å². The molecule has 0 radical (unpaired) electrons. The maximum absolute atomic E-state index is 13.4. The number of amides is 1. The molecule has 1 amide bonds. The number of rotatable bonds is 3. The zero-order chi connectivity index (χ0) is 18.8. The van der Waals surface area contributed by atoms with Crippen molar-refractivity contribution in [2.75, 3.05) is 38.8 Å². The van der Waals surface area contributed by atoms with Gasteiger partial charge in [-0.3, -0.25) is 4.79 Å². The lowest BCUT2D eigenvalue weighted by Gasteiger charge is -2.33. The average molecular weight is 365 g/mol. The Labute approximate surface area is 161 Å². The molecule has 2 aromatic rings. The Balaban J connectivity index is 1.80. The fraction of sp³-hybridized carbons (Fsp3) is 0.455. The summed E-state index contributed by atoms with van der Waals surface area (Å²) in [4.78, 5) is 21.9. The number of aryl methyl sites for hydroxylation is 1. The van der Waals surface area contributed by atoms with Crippen LogP contribution in [0.1, 0.15) is 35.6 Å². The van der Waals surface area contributed by atoms with Gasteiger partial charge in [-0.25, -0.2) is 4.98 Å². The number of anilines is 1. The molecule has 3 heterocycles. The standard InChI is InChI=1S/C22H27N3O2/c1-24(2)20-14-17(9-11-23-20)21-19-8-4-3-6-16(19)7-5-12-25(21)22(26)18-10-13-27-15-18/h3-4,6,8-9,11,14,18,21H,5,7,10,12-13,15H2,1-2H3/t18-,21+/m0/s1. The molecule has 0 bridgehead atoms. The zero-order valence-electron chi connectivity index (χ0n) is 16.1. The Kier molecular flexibility index (Phi) is 5.12. The van der Waals surface area contributed by atoms with Crippen molar-refractivity contribution in [1.29, 1.82) is 0 Å². The minimum atomic E-state index is -0.0708. The van der Waals surface area contributed by atoms with E-state index in [9.17, 15) is 4.79 Å². The van der Waals surface area contributed by atoms with E-state index in [4.69, 9.17) is 4.74 Å². The number of hydrogen-bond acceptors (Lipinski definition) is 4. The van der Waals surface area contributed by atoms with Crippen LogP contribution in [0.3, 0.4) is 0 Å². The van der Waals surface area contributed by atoms with Crippen LogP contribution in [-0.4, -0.2) is 49.6 Å². The van der Waals surface area contributed by atoms with Crippen molar-refractivity contribution < 1.29 is 9.53 Å². The quantitative estimate of drug-likeness (QED) is 0.839. The van der Waals surface area contributed by atoms with Gasteiger partial charge >= 0.3 is 0 Å². The smallest absolute Gasteiger partial charge is 0.228 e. The summed E-state index contributed by atoms with van der Waals surface area (Å²) in [6.45, 7) is 2.00. The molecule has 2 atom stereocenters. The Bertz CT molecular complexity index is 815. The van der Waals surface area contributed by atoms with E-state index >= 15 is 0 Å². The van der Waals surface area contributed by atoms with Crippen molar-refractivity contribution in [3.05, 3.63) is 59.3 Å². The SMILES string of the molecule is CN(C)c1cc([C@@H]2c3ccccc3CCCN2C(=O)[C@H]2CCOC2)ccn1. The third-order valence-electron chi connectivity index (χ3n) is 5.61. The predicted molar refractivity (Wildman–Crippen MR) is 106 cm³/mol. The van der Waals surface area contributed by atoms with E-state index in [0.717, 1.165) is 37.2 Å². The second-order valence-corrected chi connectivity index (χ2v) is 7.64. The highest BCUT2D eigenvalue weighted by Crippen LogP contribution is 2.36. The summed E-state index contributed by atoms with van der Waals surface area (Å²) >= 11 is 0. The van der Waals surface area contributed by atoms with Crippen molar-refractivity contribution in [3.63, 3.8) is 0 Å². The highest BCUT2D eigenvalue weighted by molar-refractivity contribution is 5.80. The Morgan fingerprint density at radius 1 is 1.26 bits per heavy atom. The van der Waals surface area contributed by atoms with Gasteiger partial charge in [-0.15, -0.1) is 0 Å². The number of pyridine rings is 1. The van der Waals surface area contributed by atoms with Gasteiger partial charge in [0.2, 0.25) is 5.91 Å². The first kappa shape index (κ1) is 18.0. The lowest BCUT2D eigenvalue weighted by atomic mass is 9.92. The molecule has 5 heteroatoms. The van der Waals surface area contributed by atoms with E-state index in [0.29, 0.717) is 13.2 Å². The van der Waals surface area contributed by atoms with Gasteiger partial charge in [0.1, 0.15) is 5.82 Å². The molecule has 2 aliphatic rings. The average Bonchev–Trinajstić information content (AvgIpc) is 3.15. The minimum absolute atomic E-state index is 0.0204. The molecule has 4 rings (SSSR count). The number of nitrogens with zero attached hydrogens (tertiary/aromatic N) is 3. The van der Waals surface area contributed by atoms with Crippen LogP contribution in [0.2, 0.25) is 0 Å². The molecule has 1 aromatic heterocycles. The second-order valence-electron chi connectivity index (χ2n) is 7.64. The molecule has 0 unspecified atom stereocenters. The molecule has 1 fully saturated rings. The minimum Gasteiger partial charge on any atom is -0.381 e. The summed E-state index contributed by atoms with van der Waals surface area (Å²) in [5, 5.41) is 0. The summed E-state index contributed by atoms with van der Waals surface area (Å²) in [5.41, 5.74) is 3.69. The summed E-state index contributed by atoms with van der Waals surface area (Å²) in [6.07, 6.45) is 4.66. The number of fused-ring (bicyclic) bond motifs is 1. The van der Waals surface area contributed by atoms with Gasteiger partial charge in [0.05, 0.1) is 18.6 Å². The topological polar surface area (TPSA) is 45.7 Å². The molecule has 5 nitrogen and oxygen atoms in total. The van der Waals surface area contributed by atoms with Crippen LogP contribution in [0.25, 0.3) is 0 Å². The number of aromatic nitrogens is 1. The first-order chi connectivity index (χ1) is 13.1. The maximum atomic E-state index is 13.4. The second kappa shape index (κ2) is 7.69. The molecule has 27 heavy (non-hydrogen) atoms. The molecule has 0 N–H and O–H groups in total. The number of benzene rings is 1. The van der Waals surface area contributed by atoms with Crippen LogP contribution < -0.4 is 4.90 Å². The normalized spacial score (nSPS) is 22.2. The van der Waals surface area contributed by atoms with E-state index in [-0.39, 0.29) is 17.9 Å². The van der Waals surface area contributed by atoms with Crippen LogP contribution in [0, 0.1) is 5.92 Å². The van der Waals surface area contributed by atoms with Crippen molar-refractivity contribution >= 4 is 11.7 Å². The summed E-state index contributed by atoms with van der Waals surface area (Å²) in [5.74, 6) is 1.11. The highest BCUT2D eigenvalue weighted by Gasteiger charge is 2.35. The lowest BCUT2D eigenvalue weighted by molar-refractivity contribution is -0.137. The van der Waals surface area contributed by atoms with Gasteiger partial charge in [0, 0.05) is 33.4 Å². The van der Waals surface area contributed by atoms with Gasteiger partial charge < -0.3 is 14.5 Å². The lowest BCUT2D eigenvalue weighted by Crippen LogP contribution is -2.40. The van der Waals surface area contributed by atoms with Crippen LogP contribution in [0.15, 0.2) is 42.6 Å². The number of carbonyl (C=O) groups is 1. The third-order valence-corrected chi connectivity index (χ3v) is 5.61. The number of hydrogen-bond donors (Lipinski definition) is 0. The molecule has 0 spiro atoms. The van der Waals surface area contributed by atoms with E-state index in [1.54, 1.807) is 0 Å². The van der Waals surface area contributed by atoms with Crippen LogP contribution in [0.5, 0.6) is 0 Å². The first-order valence-electron chi connectivity index (χ1n) is 9.74. The van der Waals surface area contributed by atoms with Crippen molar-refractivity contribution in [2.24, 2.45) is 5.92 Å². The number of carbonyl (C=O) groups excluding carboxylic acids is 1. The monoisotopic (exact) mass is 365 g/mol. The van der Waals surface area contributed by atoms with E-state index in [2.05, 4.69) is 40.2 Å². The molecule has 142 valence electrons. The predicted octanol–water partition coefficient (Wildman–Crippen LogP) is 3.05. The molecular weight excluding hydrogens is 338 g/mol. The first-order valence-corrected chi connectivity index (χ1v) is 9.74. The Hall–Kier alpha value is -2.40. The van der Waals surface area contributed by atoms with Crippen LogP contribution in [0.4, 0.5) is 5.82 Å². The highest BCUT2D eigenvalue weighted by atomic mass is 16.5. The molecule has 1 aromatic carbocycles. The van der Waals surface area contributed by atoms with Gasteiger partial charge in [0.25, 0.3) is 0 Å². The van der Waals surface area contributed by atoms with Gasteiger partial charge in [0.15, 0.2) is 0 Å². The molecule has 0 aliphatic carbocycles. The molecule has 2 aliphatic heterocycles. The largest absolute Gasteiger partial charge is 0.381 e. The summed E-state index contributed by atoms with van der Waals surface area (Å²) < 4.78 is 5.50. The van der Waals surface area contributed by atoms with E-state index in [1.165, 1.54) is 11.1 Å². The zero-order valence-corrected chi connectivity index (χ0v) is 16.1. The van der Waals surface area contributed by atoms with E-state index < -0.39 is 0 Å². The maximum Gasteiger partial charge on any atom is 0.228 e. The van der Waals surface area contributed by atoms with Crippen molar-refractivity contribution in [1.82, 2.24) is 9.88 Å². The third kappa shape index (κ3) is 3.56. The van der Waals surface area contributed by atoms with Gasteiger partial charge in [-0.05, 0) is 48.1 Å².